The van der Waals surface area contributed by atoms with E-state index in [0.717, 1.165) is 18.6 Å². The van der Waals surface area contributed by atoms with Gasteiger partial charge < -0.3 is 9.84 Å². The molecule has 1 aromatic rings. The molecule has 0 unspecified atom stereocenters. The van der Waals surface area contributed by atoms with Crippen LogP contribution in [-0.4, -0.2) is 18.8 Å². The molecule has 2 heteroatoms. The average molecular weight is 206 g/mol. The summed E-state index contributed by atoms with van der Waals surface area (Å²) in [4.78, 5) is 0. The van der Waals surface area contributed by atoms with E-state index in [0.29, 0.717) is 18.4 Å². The first-order valence-corrected chi connectivity index (χ1v) is 5.58. The van der Waals surface area contributed by atoms with Crippen molar-refractivity contribution >= 4 is 0 Å². The molecule has 15 heavy (non-hydrogen) atoms. The van der Waals surface area contributed by atoms with Gasteiger partial charge in [-0.25, -0.2) is 0 Å². The molecule has 1 N–H and O–H groups in total. The summed E-state index contributed by atoms with van der Waals surface area (Å²) < 4.78 is 5.22. The van der Waals surface area contributed by atoms with Crippen molar-refractivity contribution in [3.8, 4) is 5.75 Å². The van der Waals surface area contributed by atoms with Crippen LogP contribution >= 0.6 is 0 Å². The monoisotopic (exact) mass is 206 g/mol. The quantitative estimate of drug-likeness (QED) is 0.823. The highest BCUT2D eigenvalue weighted by molar-refractivity contribution is 5.31. The molecule has 1 saturated carbocycles. The third kappa shape index (κ3) is 2.32. The second-order valence-corrected chi connectivity index (χ2v) is 4.34. The fourth-order valence-corrected chi connectivity index (χ4v) is 2.44. The lowest BCUT2D eigenvalue weighted by Crippen LogP contribution is -2.00. The first kappa shape index (κ1) is 10.5. The van der Waals surface area contributed by atoms with Gasteiger partial charge in [0.25, 0.3) is 0 Å². The van der Waals surface area contributed by atoms with E-state index < -0.39 is 0 Å². The van der Waals surface area contributed by atoms with Crippen LogP contribution < -0.4 is 4.74 Å². The summed E-state index contributed by atoms with van der Waals surface area (Å²) in [6.07, 6.45) is 3.46. The Bertz CT molecular complexity index is 322. The van der Waals surface area contributed by atoms with Crippen molar-refractivity contribution in [3.05, 3.63) is 29.8 Å². The first-order chi connectivity index (χ1) is 7.33. The Balaban J connectivity index is 2.09. The molecule has 0 aromatic heterocycles. The smallest absolute Gasteiger partial charge is 0.119 e. The van der Waals surface area contributed by atoms with Gasteiger partial charge in [0.2, 0.25) is 0 Å². The van der Waals surface area contributed by atoms with E-state index in [-0.39, 0.29) is 0 Å². The van der Waals surface area contributed by atoms with Crippen molar-refractivity contribution in [2.45, 2.75) is 25.2 Å². The Kier molecular flexibility index (Phi) is 3.27. The predicted octanol–water partition coefficient (Wildman–Crippen LogP) is 2.57. The van der Waals surface area contributed by atoms with Gasteiger partial charge in [0, 0.05) is 6.61 Å². The molecule has 0 bridgehead atoms. The summed E-state index contributed by atoms with van der Waals surface area (Å²) >= 11 is 0. The third-order valence-corrected chi connectivity index (χ3v) is 3.36. The molecule has 82 valence electrons. The van der Waals surface area contributed by atoms with Crippen molar-refractivity contribution in [2.75, 3.05) is 13.7 Å². The fraction of sp³-hybridized carbons (Fsp3) is 0.538. The van der Waals surface area contributed by atoms with Gasteiger partial charge in [-0.05, 0) is 48.8 Å². The summed E-state index contributed by atoms with van der Waals surface area (Å²) in [6.45, 7) is 0.334. The Hall–Kier alpha value is -1.02. The molecular weight excluding hydrogens is 188 g/mol. The van der Waals surface area contributed by atoms with Gasteiger partial charge in [0.05, 0.1) is 7.11 Å². The number of benzene rings is 1. The lowest BCUT2D eigenvalue weighted by molar-refractivity contribution is 0.229. The molecule has 0 amide bonds. The van der Waals surface area contributed by atoms with Gasteiger partial charge in [-0.2, -0.15) is 0 Å². The summed E-state index contributed by atoms with van der Waals surface area (Å²) in [6, 6.07) is 8.29. The number of methoxy groups -OCH3 is 1. The minimum absolute atomic E-state index is 0.334. The molecule has 0 spiro atoms. The van der Waals surface area contributed by atoms with Crippen LogP contribution in [0.15, 0.2) is 24.3 Å². The zero-order valence-corrected chi connectivity index (χ0v) is 9.15. The van der Waals surface area contributed by atoms with Crippen LogP contribution in [0, 0.1) is 5.92 Å². The van der Waals surface area contributed by atoms with Crippen LogP contribution in [0.25, 0.3) is 0 Å². The maximum atomic E-state index is 9.11. The number of hydrogen-bond donors (Lipinski definition) is 1. The van der Waals surface area contributed by atoms with Crippen LogP contribution in [0.3, 0.4) is 0 Å². The molecule has 0 aliphatic heterocycles. The molecular formula is C13H18O2. The first-order valence-electron chi connectivity index (χ1n) is 5.58. The largest absolute Gasteiger partial charge is 0.497 e. The Morgan fingerprint density at radius 3 is 2.93 bits per heavy atom. The van der Waals surface area contributed by atoms with Crippen molar-refractivity contribution in [2.24, 2.45) is 5.92 Å². The van der Waals surface area contributed by atoms with Crippen molar-refractivity contribution in [1.29, 1.82) is 0 Å². The Morgan fingerprint density at radius 1 is 1.40 bits per heavy atom. The number of ether oxygens (including phenoxy) is 1. The predicted molar refractivity (Wildman–Crippen MR) is 60.2 cm³/mol. The van der Waals surface area contributed by atoms with Gasteiger partial charge >= 0.3 is 0 Å². The van der Waals surface area contributed by atoms with Gasteiger partial charge in [-0.1, -0.05) is 12.1 Å². The highest BCUT2D eigenvalue weighted by Gasteiger charge is 2.25. The topological polar surface area (TPSA) is 29.5 Å². The van der Waals surface area contributed by atoms with E-state index in [1.807, 2.05) is 12.1 Å². The van der Waals surface area contributed by atoms with Gasteiger partial charge in [0.1, 0.15) is 5.75 Å². The minimum atomic E-state index is 0.334. The van der Waals surface area contributed by atoms with Crippen LogP contribution in [0.4, 0.5) is 0 Å². The summed E-state index contributed by atoms with van der Waals surface area (Å²) in [7, 11) is 1.70. The van der Waals surface area contributed by atoms with Crippen LogP contribution in [0.2, 0.25) is 0 Å². The number of aliphatic hydroxyl groups excluding tert-OH is 1. The average Bonchev–Trinajstić information content (AvgIpc) is 2.78. The standard InChI is InChI=1S/C13H18O2/c1-15-13-4-2-3-11(8-13)12-6-5-10(7-12)9-14/h2-4,8,10,12,14H,5-7,9H2,1H3/t10-,12-/m0/s1. The summed E-state index contributed by atoms with van der Waals surface area (Å²) in [5.74, 6) is 2.04. The molecule has 2 atom stereocenters. The van der Waals surface area contributed by atoms with Gasteiger partial charge in [0.15, 0.2) is 0 Å². The summed E-state index contributed by atoms with van der Waals surface area (Å²) in [5.41, 5.74) is 1.35. The molecule has 1 fully saturated rings. The van der Waals surface area contributed by atoms with Crippen LogP contribution in [-0.2, 0) is 0 Å². The summed E-state index contributed by atoms with van der Waals surface area (Å²) in [5, 5.41) is 9.11. The number of aliphatic hydroxyl groups is 1. The molecule has 1 aliphatic carbocycles. The molecule has 0 heterocycles. The molecule has 1 aromatic carbocycles. The lowest BCUT2D eigenvalue weighted by Gasteiger charge is -2.11. The minimum Gasteiger partial charge on any atom is -0.497 e. The molecule has 1 aliphatic rings. The van der Waals surface area contributed by atoms with E-state index >= 15 is 0 Å². The van der Waals surface area contributed by atoms with Crippen molar-refractivity contribution in [1.82, 2.24) is 0 Å². The second kappa shape index (κ2) is 4.67. The normalized spacial score (nSPS) is 25.5. The highest BCUT2D eigenvalue weighted by atomic mass is 16.5. The second-order valence-electron chi connectivity index (χ2n) is 4.34. The van der Waals surface area contributed by atoms with Gasteiger partial charge in [-0.15, -0.1) is 0 Å². The molecule has 2 rings (SSSR count). The molecule has 0 saturated heterocycles. The zero-order chi connectivity index (χ0) is 10.7. The van der Waals surface area contributed by atoms with E-state index in [4.69, 9.17) is 9.84 Å². The van der Waals surface area contributed by atoms with Crippen molar-refractivity contribution in [3.63, 3.8) is 0 Å². The third-order valence-electron chi connectivity index (χ3n) is 3.36. The maximum absolute atomic E-state index is 9.11. The maximum Gasteiger partial charge on any atom is 0.119 e. The lowest BCUT2D eigenvalue weighted by atomic mass is 9.96. The van der Waals surface area contributed by atoms with E-state index in [1.54, 1.807) is 7.11 Å². The molecule has 2 nitrogen and oxygen atoms in total. The van der Waals surface area contributed by atoms with Crippen LogP contribution in [0.5, 0.6) is 5.75 Å². The van der Waals surface area contributed by atoms with E-state index in [1.165, 1.54) is 12.0 Å². The zero-order valence-electron chi connectivity index (χ0n) is 9.15. The van der Waals surface area contributed by atoms with E-state index in [9.17, 15) is 0 Å². The number of rotatable bonds is 3. The SMILES string of the molecule is COc1cccc([C@H]2CC[C@H](CO)C2)c1. The fourth-order valence-electron chi connectivity index (χ4n) is 2.44. The Morgan fingerprint density at radius 2 is 2.27 bits per heavy atom. The van der Waals surface area contributed by atoms with Crippen molar-refractivity contribution < 1.29 is 9.84 Å². The molecule has 0 radical (unpaired) electrons. The van der Waals surface area contributed by atoms with E-state index in [2.05, 4.69) is 12.1 Å². The van der Waals surface area contributed by atoms with Gasteiger partial charge in [-0.3, -0.25) is 0 Å². The number of hydrogen-bond acceptors (Lipinski definition) is 2. The highest BCUT2D eigenvalue weighted by Crippen LogP contribution is 2.38. The van der Waals surface area contributed by atoms with Crippen LogP contribution in [0.1, 0.15) is 30.7 Å². The Labute approximate surface area is 90.9 Å².